The maximum atomic E-state index is 9.99. The number of fused-ring (bicyclic) bond motifs is 1. The van der Waals surface area contributed by atoms with Gasteiger partial charge in [-0.15, -0.1) is 0 Å². The summed E-state index contributed by atoms with van der Waals surface area (Å²) in [5.74, 6) is 1.61. The summed E-state index contributed by atoms with van der Waals surface area (Å²) >= 11 is 0. The highest BCUT2D eigenvalue weighted by Gasteiger charge is 2.28. The summed E-state index contributed by atoms with van der Waals surface area (Å²) in [4.78, 5) is 7.34. The Labute approximate surface area is 199 Å². The lowest BCUT2D eigenvalue weighted by atomic mass is 10.0. The number of rotatable bonds is 7. The molecule has 0 radical (unpaired) electrons. The van der Waals surface area contributed by atoms with Crippen LogP contribution < -0.4 is 9.64 Å². The normalized spacial score (nSPS) is 15.9. The summed E-state index contributed by atoms with van der Waals surface area (Å²) in [7, 11) is 3.35. The second-order valence-electron chi connectivity index (χ2n) is 8.73. The summed E-state index contributed by atoms with van der Waals surface area (Å²) < 4.78 is 13.1. The monoisotopic (exact) mass is 458 g/mol. The van der Waals surface area contributed by atoms with Crippen LogP contribution in [-0.4, -0.2) is 53.1 Å². The van der Waals surface area contributed by atoms with Crippen LogP contribution in [0.15, 0.2) is 54.6 Å². The quantitative estimate of drug-likeness (QED) is 0.440. The molecule has 0 amide bonds. The van der Waals surface area contributed by atoms with E-state index < -0.39 is 0 Å². The van der Waals surface area contributed by atoms with Gasteiger partial charge in [-0.1, -0.05) is 42.0 Å². The Hall–Kier alpha value is -3.42. The molecule has 0 bridgehead atoms. The van der Waals surface area contributed by atoms with Crippen molar-refractivity contribution in [3.63, 3.8) is 0 Å². The molecule has 3 heterocycles. The number of aliphatic hydroxyl groups excluding tert-OH is 1. The fourth-order valence-corrected chi connectivity index (χ4v) is 4.90. The summed E-state index contributed by atoms with van der Waals surface area (Å²) in [6.45, 7) is 3.41. The first-order valence-corrected chi connectivity index (χ1v) is 11.6. The van der Waals surface area contributed by atoms with Gasteiger partial charge in [0.2, 0.25) is 0 Å². The van der Waals surface area contributed by atoms with Crippen LogP contribution in [0.4, 0.5) is 5.82 Å². The van der Waals surface area contributed by atoms with Crippen LogP contribution in [0.5, 0.6) is 5.75 Å². The zero-order chi connectivity index (χ0) is 23.7. The number of hydrogen-bond donors (Lipinski definition) is 1. The average Bonchev–Trinajstić information content (AvgIpc) is 3.48. The number of ether oxygens (including phenoxy) is 2. The third-order valence-corrected chi connectivity index (χ3v) is 6.50. The van der Waals surface area contributed by atoms with Gasteiger partial charge in [0.05, 0.1) is 43.3 Å². The fraction of sp³-hybridized carbons (Fsp3) is 0.333. The Morgan fingerprint density at radius 2 is 1.94 bits per heavy atom. The standard InChI is InChI=1S/C27H30N4O3/c1-18-8-6-9-19(14-18)23-15-25(30-13-7-10-20(30)16-32)28-27-26(22(17-33-2)29-31(23)27)21-11-4-5-12-24(21)34-3/h4-6,8-9,11-12,14-15,20,32H,7,10,13,16-17H2,1-3H3/t20-/m0/s1. The molecule has 2 aromatic heterocycles. The Kier molecular flexibility index (Phi) is 6.22. The van der Waals surface area contributed by atoms with Crippen molar-refractivity contribution in [1.29, 1.82) is 0 Å². The highest BCUT2D eigenvalue weighted by Crippen LogP contribution is 2.38. The molecule has 1 aliphatic heterocycles. The van der Waals surface area contributed by atoms with Crippen molar-refractivity contribution < 1.29 is 14.6 Å². The zero-order valence-corrected chi connectivity index (χ0v) is 19.9. The first-order chi connectivity index (χ1) is 16.6. The van der Waals surface area contributed by atoms with E-state index in [2.05, 4.69) is 42.2 Å². The summed E-state index contributed by atoms with van der Waals surface area (Å²) in [5, 5.41) is 15.0. The number of benzene rings is 2. The van der Waals surface area contributed by atoms with E-state index in [4.69, 9.17) is 19.6 Å². The lowest BCUT2D eigenvalue weighted by Crippen LogP contribution is -2.32. The van der Waals surface area contributed by atoms with E-state index in [0.717, 1.165) is 64.7 Å². The minimum Gasteiger partial charge on any atom is -0.496 e. The Morgan fingerprint density at radius 1 is 1.09 bits per heavy atom. The van der Waals surface area contributed by atoms with E-state index in [0.29, 0.717) is 6.61 Å². The van der Waals surface area contributed by atoms with Crippen molar-refractivity contribution in [1.82, 2.24) is 14.6 Å². The van der Waals surface area contributed by atoms with E-state index in [1.165, 1.54) is 5.56 Å². The third-order valence-electron chi connectivity index (χ3n) is 6.50. The van der Waals surface area contributed by atoms with Crippen LogP contribution in [-0.2, 0) is 11.3 Å². The highest BCUT2D eigenvalue weighted by atomic mass is 16.5. The lowest BCUT2D eigenvalue weighted by Gasteiger charge is -2.25. The first-order valence-electron chi connectivity index (χ1n) is 11.6. The summed E-state index contributed by atoms with van der Waals surface area (Å²) in [6.07, 6.45) is 1.99. The molecular formula is C27H30N4O3. The number of methoxy groups -OCH3 is 2. The minimum atomic E-state index is 0.0661. The Balaban J connectivity index is 1.84. The predicted molar refractivity (Wildman–Crippen MR) is 133 cm³/mol. The van der Waals surface area contributed by atoms with Crippen molar-refractivity contribution in [2.45, 2.75) is 32.4 Å². The molecule has 0 saturated carbocycles. The second kappa shape index (κ2) is 9.44. The topological polar surface area (TPSA) is 72.1 Å². The molecule has 2 aromatic carbocycles. The maximum absolute atomic E-state index is 9.99. The second-order valence-corrected chi connectivity index (χ2v) is 8.73. The Bertz CT molecular complexity index is 1320. The number of anilines is 1. The lowest BCUT2D eigenvalue weighted by molar-refractivity contribution is 0.181. The van der Waals surface area contributed by atoms with E-state index in [1.54, 1.807) is 14.2 Å². The smallest absolute Gasteiger partial charge is 0.166 e. The van der Waals surface area contributed by atoms with Gasteiger partial charge in [0.15, 0.2) is 5.65 Å². The summed E-state index contributed by atoms with van der Waals surface area (Å²) in [5.41, 5.74) is 6.55. The molecule has 0 aliphatic carbocycles. The van der Waals surface area contributed by atoms with Crippen LogP contribution in [0.25, 0.3) is 28.0 Å². The molecule has 0 unspecified atom stereocenters. The van der Waals surface area contributed by atoms with Crippen LogP contribution in [0.3, 0.4) is 0 Å². The van der Waals surface area contributed by atoms with Gasteiger partial charge in [0.25, 0.3) is 0 Å². The van der Waals surface area contributed by atoms with Gasteiger partial charge in [-0.25, -0.2) is 9.50 Å². The van der Waals surface area contributed by atoms with Crippen molar-refractivity contribution in [3.8, 4) is 28.1 Å². The molecule has 5 rings (SSSR count). The number of aromatic nitrogens is 3. The maximum Gasteiger partial charge on any atom is 0.166 e. The molecule has 1 fully saturated rings. The molecule has 34 heavy (non-hydrogen) atoms. The average molecular weight is 459 g/mol. The molecule has 1 aliphatic rings. The van der Waals surface area contributed by atoms with Gasteiger partial charge in [0, 0.05) is 30.8 Å². The van der Waals surface area contributed by atoms with Crippen LogP contribution in [0, 0.1) is 6.92 Å². The molecule has 0 spiro atoms. The molecule has 1 atom stereocenters. The van der Waals surface area contributed by atoms with Crippen LogP contribution >= 0.6 is 0 Å². The molecule has 7 heteroatoms. The van der Waals surface area contributed by atoms with E-state index in [-0.39, 0.29) is 12.6 Å². The van der Waals surface area contributed by atoms with E-state index in [9.17, 15) is 5.11 Å². The van der Waals surface area contributed by atoms with Gasteiger partial charge in [-0.2, -0.15) is 5.10 Å². The molecule has 1 N–H and O–H groups in total. The molecule has 1 saturated heterocycles. The number of aliphatic hydroxyl groups is 1. The zero-order valence-electron chi connectivity index (χ0n) is 19.9. The molecular weight excluding hydrogens is 428 g/mol. The number of nitrogens with zero attached hydrogens (tertiary/aromatic N) is 4. The fourth-order valence-electron chi connectivity index (χ4n) is 4.90. The van der Waals surface area contributed by atoms with Gasteiger partial charge in [-0.3, -0.25) is 0 Å². The molecule has 7 nitrogen and oxygen atoms in total. The number of aryl methyl sites for hydroxylation is 1. The highest BCUT2D eigenvalue weighted by molar-refractivity contribution is 5.86. The Morgan fingerprint density at radius 3 is 2.71 bits per heavy atom. The van der Waals surface area contributed by atoms with Gasteiger partial charge < -0.3 is 19.5 Å². The van der Waals surface area contributed by atoms with Crippen LogP contribution in [0.1, 0.15) is 24.1 Å². The number of para-hydroxylation sites is 1. The summed E-state index contributed by atoms with van der Waals surface area (Å²) in [6, 6.07) is 18.5. The van der Waals surface area contributed by atoms with Crippen LogP contribution in [0.2, 0.25) is 0 Å². The SMILES string of the molecule is COCc1nn2c(-c3cccc(C)c3)cc(N3CCC[C@H]3CO)nc2c1-c1ccccc1OC. The van der Waals surface area contributed by atoms with Gasteiger partial charge >= 0.3 is 0 Å². The largest absolute Gasteiger partial charge is 0.496 e. The van der Waals surface area contributed by atoms with Crippen molar-refractivity contribution >= 4 is 11.5 Å². The predicted octanol–water partition coefficient (Wildman–Crippen LogP) is 4.49. The molecule has 4 aromatic rings. The third kappa shape index (κ3) is 3.91. The van der Waals surface area contributed by atoms with Gasteiger partial charge in [-0.05, 0) is 31.9 Å². The van der Waals surface area contributed by atoms with E-state index in [1.807, 2.05) is 28.8 Å². The van der Waals surface area contributed by atoms with Gasteiger partial charge in [0.1, 0.15) is 11.6 Å². The van der Waals surface area contributed by atoms with E-state index >= 15 is 0 Å². The van der Waals surface area contributed by atoms with Crippen molar-refractivity contribution in [2.24, 2.45) is 0 Å². The van der Waals surface area contributed by atoms with Crippen molar-refractivity contribution in [2.75, 3.05) is 32.3 Å². The first kappa shape index (κ1) is 22.4. The molecule has 176 valence electrons. The number of hydrogen-bond acceptors (Lipinski definition) is 6. The van der Waals surface area contributed by atoms with Crippen molar-refractivity contribution in [3.05, 3.63) is 65.9 Å². The minimum absolute atomic E-state index is 0.0661.